The Hall–Kier alpha value is -1.76. The molecule has 1 saturated heterocycles. The lowest BCUT2D eigenvalue weighted by Crippen LogP contribution is -2.52. The van der Waals surface area contributed by atoms with Gasteiger partial charge in [-0.1, -0.05) is 6.07 Å². The molecule has 1 aliphatic heterocycles. The van der Waals surface area contributed by atoms with Gasteiger partial charge in [-0.25, -0.2) is 0 Å². The molecule has 0 radical (unpaired) electrons. The highest BCUT2D eigenvalue weighted by atomic mass is 16.3. The van der Waals surface area contributed by atoms with Crippen molar-refractivity contribution in [1.29, 1.82) is 0 Å². The number of aliphatic hydroxyl groups excluding tert-OH is 1. The molecule has 0 unspecified atom stereocenters. The zero-order valence-corrected chi connectivity index (χ0v) is 16.2. The second kappa shape index (κ2) is 8.75. The van der Waals surface area contributed by atoms with E-state index in [4.69, 9.17) is 0 Å². The van der Waals surface area contributed by atoms with E-state index >= 15 is 0 Å². The van der Waals surface area contributed by atoms with Gasteiger partial charge in [0.25, 0.3) is 0 Å². The Labute approximate surface area is 156 Å². The Kier molecular flexibility index (Phi) is 6.40. The molecular weight excluding hydrogens is 326 g/mol. The molecule has 0 amide bonds. The Morgan fingerprint density at radius 3 is 2.77 bits per heavy atom. The van der Waals surface area contributed by atoms with Crippen LogP contribution in [0.2, 0.25) is 0 Å². The molecule has 0 spiro atoms. The third-order valence-corrected chi connectivity index (χ3v) is 5.05. The SMILES string of the molecule is Cc1cccc(CN2CCN(Cc3cnn(C(C)C)c3)C[C@H]2CCO)n1. The smallest absolute Gasteiger partial charge is 0.0547 e. The second-order valence-corrected chi connectivity index (χ2v) is 7.56. The molecule has 1 fully saturated rings. The highest BCUT2D eigenvalue weighted by Crippen LogP contribution is 2.18. The third-order valence-electron chi connectivity index (χ3n) is 5.05. The largest absolute Gasteiger partial charge is 0.396 e. The van der Waals surface area contributed by atoms with E-state index in [1.165, 1.54) is 5.56 Å². The minimum absolute atomic E-state index is 0.224. The number of pyridine rings is 1. The zero-order chi connectivity index (χ0) is 18.5. The predicted octanol–water partition coefficient (Wildman–Crippen LogP) is 2.24. The lowest BCUT2D eigenvalue weighted by atomic mass is 10.1. The van der Waals surface area contributed by atoms with Gasteiger partial charge >= 0.3 is 0 Å². The van der Waals surface area contributed by atoms with Crippen LogP contribution in [0.5, 0.6) is 0 Å². The highest BCUT2D eigenvalue weighted by molar-refractivity contribution is 5.10. The van der Waals surface area contributed by atoms with Gasteiger partial charge in [0.05, 0.1) is 11.9 Å². The first kappa shape index (κ1) is 19.0. The first-order valence-corrected chi connectivity index (χ1v) is 9.58. The van der Waals surface area contributed by atoms with Crippen molar-refractivity contribution in [3.05, 3.63) is 47.5 Å². The number of aliphatic hydroxyl groups is 1. The maximum atomic E-state index is 9.51. The Morgan fingerprint density at radius 1 is 1.23 bits per heavy atom. The van der Waals surface area contributed by atoms with Crippen LogP contribution in [0.3, 0.4) is 0 Å². The molecule has 6 nitrogen and oxygen atoms in total. The predicted molar refractivity (Wildman–Crippen MR) is 103 cm³/mol. The van der Waals surface area contributed by atoms with Crippen molar-refractivity contribution in [2.75, 3.05) is 26.2 Å². The van der Waals surface area contributed by atoms with Crippen LogP contribution in [0.1, 0.15) is 43.3 Å². The van der Waals surface area contributed by atoms with Crippen LogP contribution in [-0.2, 0) is 13.1 Å². The number of hydrogen-bond acceptors (Lipinski definition) is 5. The topological polar surface area (TPSA) is 57.4 Å². The number of aryl methyl sites for hydroxylation is 1. The summed E-state index contributed by atoms with van der Waals surface area (Å²) in [6.45, 7) is 11.3. The van der Waals surface area contributed by atoms with E-state index in [9.17, 15) is 5.11 Å². The maximum absolute atomic E-state index is 9.51. The van der Waals surface area contributed by atoms with Crippen LogP contribution in [0, 0.1) is 6.92 Å². The minimum atomic E-state index is 0.224. The van der Waals surface area contributed by atoms with Gasteiger partial charge in [0.15, 0.2) is 0 Å². The van der Waals surface area contributed by atoms with Crippen molar-refractivity contribution in [3.63, 3.8) is 0 Å². The van der Waals surface area contributed by atoms with Crippen LogP contribution in [0.25, 0.3) is 0 Å². The van der Waals surface area contributed by atoms with Crippen molar-refractivity contribution in [1.82, 2.24) is 24.6 Å². The third kappa shape index (κ3) is 4.90. The summed E-state index contributed by atoms with van der Waals surface area (Å²) in [5.41, 5.74) is 3.43. The lowest BCUT2D eigenvalue weighted by Gasteiger charge is -2.41. The van der Waals surface area contributed by atoms with Crippen molar-refractivity contribution < 1.29 is 5.11 Å². The van der Waals surface area contributed by atoms with Crippen LogP contribution >= 0.6 is 0 Å². The summed E-state index contributed by atoms with van der Waals surface area (Å²) in [4.78, 5) is 9.58. The Bertz CT molecular complexity index is 699. The summed E-state index contributed by atoms with van der Waals surface area (Å²) in [6, 6.07) is 6.95. The molecule has 2 aromatic rings. The molecule has 1 atom stereocenters. The quantitative estimate of drug-likeness (QED) is 0.824. The molecule has 3 heterocycles. The van der Waals surface area contributed by atoms with Gasteiger partial charge in [-0.3, -0.25) is 19.5 Å². The van der Waals surface area contributed by atoms with Crippen LogP contribution < -0.4 is 0 Å². The van der Waals surface area contributed by atoms with Gasteiger partial charge in [0, 0.05) is 68.9 Å². The van der Waals surface area contributed by atoms with Gasteiger partial charge in [-0.05, 0) is 39.3 Å². The van der Waals surface area contributed by atoms with E-state index in [0.717, 1.165) is 50.5 Å². The number of nitrogens with zero attached hydrogens (tertiary/aromatic N) is 5. The molecule has 0 saturated carbocycles. The van der Waals surface area contributed by atoms with Crippen LogP contribution in [0.15, 0.2) is 30.6 Å². The van der Waals surface area contributed by atoms with Gasteiger partial charge in [-0.15, -0.1) is 0 Å². The number of rotatable bonds is 7. The Morgan fingerprint density at radius 2 is 2.08 bits per heavy atom. The first-order valence-electron chi connectivity index (χ1n) is 9.58. The highest BCUT2D eigenvalue weighted by Gasteiger charge is 2.27. The van der Waals surface area contributed by atoms with Gasteiger partial charge < -0.3 is 5.11 Å². The van der Waals surface area contributed by atoms with Crippen LogP contribution in [0.4, 0.5) is 0 Å². The Balaban J connectivity index is 1.61. The van der Waals surface area contributed by atoms with Crippen molar-refractivity contribution in [2.24, 2.45) is 0 Å². The lowest BCUT2D eigenvalue weighted by molar-refractivity contribution is 0.0491. The summed E-state index contributed by atoms with van der Waals surface area (Å²) < 4.78 is 2.01. The monoisotopic (exact) mass is 357 g/mol. The number of hydrogen-bond donors (Lipinski definition) is 1. The fraction of sp³-hybridized carbons (Fsp3) is 0.600. The van der Waals surface area contributed by atoms with E-state index in [1.807, 2.05) is 23.9 Å². The molecule has 0 aromatic carbocycles. The fourth-order valence-corrected chi connectivity index (χ4v) is 3.63. The van der Waals surface area contributed by atoms with E-state index < -0.39 is 0 Å². The van der Waals surface area contributed by atoms with Gasteiger partial charge in [-0.2, -0.15) is 5.10 Å². The number of piperazine rings is 1. The molecule has 3 rings (SSSR count). The van der Waals surface area contributed by atoms with E-state index in [-0.39, 0.29) is 6.61 Å². The average molecular weight is 358 g/mol. The first-order chi connectivity index (χ1) is 12.5. The van der Waals surface area contributed by atoms with Gasteiger partial charge in [0.1, 0.15) is 0 Å². The molecule has 0 aliphatic carbocycles. The van der Waals surface area contributed by atoms with E-state index in [2.05, 4.69) is 52.1 Å². The normalized spacial score (nSPS) is 19.3. The summed E-state index contributed by atoms with van der Waals surface area (Å²) in [5, 5.41) is 14.0. The molecule has 0 bridgehead atoms. The minimum Gasteiger partial charge on any atom is -0.396 e. The standard InChI is InChI=1S/C20H31N5O/c1-16(2)25-13-18(11-21-25)12-23-8-9-24(20(15-23)7-10-26)14-19-6-4-5-17(3)22-19/h4-6,11,13,16,20,26H,7-10,12,14-15H2,1-3H3/t20-/m1/s1. The maximum Gasteiger partial charge on any atom is 0.0547 e. The molecule has 6 heteroatoms. The zero-order valence-electron chi connectivity index (χ0n) is 16.2. The van der Waals surface area contributed by atoms with Crippen molar-refractivity contribution >= 4 is 0 Å². The van der Waals surface area contributed by atoms with E-state index in [1.54, 1.807) is 0 Å². The second-order valence-electron chi connectivity index (χ2n) is 7.56. The van der Waals surface area contributed by atoms with Crippen molar-refractivity contribution in [2.45, 2.75) is 52.4 Å². The van der Waals surface area contributed by atoms with Crippen LogP contribution in [-0.4, -0.2) is 62.0 Å². The number of aromatic nitrogens is 3. The van der Waals surface area contributed by atoms with Gasteiger partial charge in [0.2, 0.25) is 0 Å². The summed E-state index contributed by atoms with van der Waals surface area (Å²) >= 11 is 0. The summed E-state index contributed by atoms with van der Waals surface area (Å²) in [6.07, 6.45) is 4.92. The van der Waals surface area contributed by atoms with E-state index in [0.29, 0.717) is 12.1 Å². The summed E-state index contributed by atoms with van der Waals surface area (Å²) in [7, 11) is 0. The molecule has 2 aromatic heterocycles. The average Bonchev–Trinajstić information content (AvgIpc) is 3.06. The molecule has 1 aliphatic rings. The van der Waals surface area contributed by atoms with Crippen molar-refractivity contribution in [3.8, 4) is 0 Å². The molecule has 1 N–H and O–H groups in total. The summed E-state index contributed by atoms with van der Waals surface area (Å²) in [5.74, 6) is 0. The fourth-order valence-electron chi connectivity index (χ4n) is 3.63. The molecule has 26 heavy (non-hydrogen) atoms. The molecule has 142 valence electrons. The molecular formula is C20H31N5O.